The third-order valence-electron chi connectivity index (χ3n) is 5.80. The van der Waals surface area contributed by atoms with Gasteiger partial charge in [-0.2, -0.15) is 5.10 Å². The Hall–Kier alpha value is -4.46. The molecule has 0 aliphatic rings. The molecule has 176 valence electrons. The summed E-state index contributed by atoms with van der Waals surface area (Å²) in [5.74, 6) is 1.43. The summed E-state index contributed by atoms with van der Waals surface area (Å²) in [7, 11) is 5.19. The van der Waals surface area contributed by atoms with Crippen LogP contribution in [0.1, 0.15) is 11.3 Å². The third kappa shape index (κ3) is 4.77. The Kier molecular flexibility index (Phi) is 6.01. The zero-order valence-corrected chi connectivity index (χ0v) is 20.1. The summed E-state index contributed by atoms with van der Waals surface area (Å²) < 4.78 is 12.8. The average molecular weight is 467 g/mol. The highest BCUT2D eigenvalue weighted by atomic mass is 16.5. The van der Waals surface area contributed by atoms with E-state index in [1.807, 2.05) is 62.8 Å². The molecule has 0 unspecified atom stereocenters. The van der Waals surface area contributed by atoms with Crippen LogP contribution in [-0.2, 0) is 13.6 Å². The predicted molar refractivity (Wildman–Crippen MR) is 136 cm³/mol. The highest BCUT2D eigenvalue weighted by Gasteiger charge is 2.15. The summed E-state index contributed by atoms with van der Waals surface area (Å²) in [5, 5.41) is 4.26. The van der Waals surface area contributed by atoms with Crippen molar-refractivity contribution in [1.82, 2.24) is 24.7 Å². The lowest BCUT2D eigenvalue weighted by Crippen LogP contribution is -2.17. The summed E-state index contributed by atoms with van der Waals surface area (Å²) >= 11 is 0. The number of aryl methyl sites for hydroxylation is 2. The summed E-state index contributed by atoms with van der Waals surface area (Å²) in [6, 6.07) is 16.0. The number of benzene rings is 2. The number of hydrogen-bond acceptors (Lipinski definition) is 7. The fourth-order valence-electron chi connectivity index (χ4n) is 3.91. The Morgan fingerprint density at radius 2 is 1.63 bits per heavy atom. The second-order valence-electron chi connectivity index (χ2n) is 8.30. The molecule has 0 bridgehead atoms. The van der Waals surface area contributed by atoms with Gasteiger partial charge in [-0.25, -0.2) is 4.98 Å². The van der Waals surface area contributed by atoms with Crippen LogP contribution in [0.3, 0.4) is 0 Å². The van der Waals surface area contributed by atoms with Crippen LogP contribution in [0.5, 0.6) is 11.5 Å². The molecule has 0 fully saturated rings. The van der Waals surface area contributed by atoms with Crippen molar-refractivity contribution in [1.29, 1.82) is 0 Å². The van der Waals surface area contributed by atoms with Crippen molar-refractivity contribution >= 4 is 22.4 Å². The average Bonchev–Trinajstić information content (AvgIpc) is 3.33. The molecule has 3 heterocycles. The Bertz CT molecular complexity index is 1460. The van der Waals surface area contributed by atoms with Crippen LogP contribution in [0.2, 0.25) is 0 Å². The van der Waals surface area contributed by atoms with Crippen LogP contribution in [0.4, 0.5) is 11.4 Å². The predicted octanol–water partition coefficient (Wildman–Crippen LogP) is 5.09. The van der Waals surface area contributed by atoms with E-state index >= 15 is 0 Å². The van der Waals surface area contributed by atoms with Gasteiger partial charge in [0.15, 0.2) is 0 Å². The van der Waals surface area contributed by atoms with Crippen LogP contribution in [0.25, 0.3) is 22.3 Å². The molecule has 0 aliphatic carbocycles. The van der Waals surface area contributed by atoms with Crippen LogP contribution in [0, 0.1) is 6.92 Å². The molecule has 0 radical (unpaired) electrons. The smallest absolute Gasteiger partial charge is 0.124 e. The van der Waals surface area contributed by atoms with Crippen molar-refractivity contribution in [3.8, 4) is 22.8 Å². The first-order valence-corrected chi connectivity index (χ1v) is 11.2. The molecule has 0 N–H and O–H groups in total. The van der Waals surface area contributed by atoms with Crippen LogP contribution in [-0.4, -0.2) is 39.0 Å². The maximum atomic E-state index is 5.54. The standard InChI is InChI=1S/C27H26N6O2/c1-18-5-6-19(13-28-18)16-33(22-9-23(34-3)12-24(10-22)35-4)21-7-8-25-26(11-21)31-27(15-29-25)20-14-30-32(2)17-20/h5-15,17H,16H2,1-4H3. The molecule has 3 aromatic heterocycles. The molecule has 8 heteroatoms. The van der Waals surface area contributed by atoms with Crippen molar-refractivity contribution in [3.63, 3.8) is 0 Å². The molecule has 0 spiro atoms. The Balaban J connectivity index is 1.62. The number of fused-ring (bicyclic) bond motifs is 1. The summed E-state index contributed by atoms with van der Waals surface area (Å²) in [4.78, 5) is 16.2. The van der Waals surface area contributed by atoms with Crippen LogP contribution in [0.15, 0.2) is 73.3 Å². The molecule has 8 nitrogen and oxygen atoms in total. The number of ether oxygens (including phenoxy) is 2. The SMILES string of the molecule is COc1cc(OC)cc(N(Cc2ccc(C)nc2)c2ccc3ncc(-c4cnn(C)c4)nc3c2)c1. The van der Waals surface area contributed by atoms with Crippen molar-refractivity contribution in [2.75, 3.05) is 19.1 Å². The Labute approximate surface area is 203 Å². The van der Waals surface area contributed by atoms with E-state index in [2.05, 4.69) is 32.1 Å². The minimum atomic E-state index is 0.602. The molecular weight excluding hydrogens is 440 g/mol. The van der Waals surface area contributed by atoms with Gasteiger partial charge >= 0.3 is 0 Å². The van der Waals surface area contributed by atoms with E-state index in [1.54, 1.807) is 31.3 Å². The second kappa shape index (κ2) is 9.42. The number of anilines is 2. The van der Waals surface area contributed by atoms with Gasteiger partial charge < -0.3 is 14.4 Å². The summed E-state index contributed by atoms with van der Waals surface area (Å²) in [6.45, 7) is 2.58. The van der Waals surface area contributed by atoms with Crippen molar-refractivity contribution in [3.05, 3.63) is 84.6 Å². The van der Waals surface area contributed by atoms with Crippen LogP contribution < -0.4 is 14.4 Å². The first-order chi connectivity index (χ1) is 17.0. The zero-order chi connectivity index (χ0) is 24.4. The van der Waals surface area contributed by atoms with Crippen molar-refractivity contribution in [2.45, 2.75) is 13.5 Å². The minimum Gasteiger partial charge on any atom is -0.497 e. The molecule has 0 saturated carbocycles. The molecule has 0 aliphatic heterocycles. The molecule has 5 aromatic rings. The number of methoxy groups -OCH3 is 2. The van der Waals surface area contributed by atoms with Gasteiger partial charge in [0.25, 0.3) is 0 Å². The lowest BCUT2D eigenvalue weighted by molar-refractivity contribution is 0.394. The maximum absolute atomic E-state index is 5.54. The van der Waals surface area contributed by atoms with Gasteiger partial charge in [-0.1, -0.05) is 6.07 Å². The fraction of sp³-hybridized carbons (Fsp3) is 0.185. The minimum absolute atomic E-state index is 0.602. The van der Waals surface area contributed by atoms with Gasteiger partial charge in [0, 0.05) is 66.8 Å². The molecular formula is C27H26N6O2. The van der Waals surface area contributed by atoms with Crippen molar-refractivity contribution < 1.29 is 9.47 Å². The fourth-order valence-corrected chi connectivity index (χ4v) is 3.91. The van der Waals surface area contributed by atoms with Gasteiger partial charge in [-0.15, -0.1) is 0 Å². The monoisotopic (exact) mass is 466 g/mol. The summed E-state index contributed by atoms with van der Waals surface area (Å²) in [6.07, 6.45) is 7.40. The van der Waals surface area contributed by atoms with Gasteiger partial charge in [0.2, 0.25) is 0 Å². The number of hydrogen-bond donors (Lipinski definition) is 0. The van der Waals surface area contributed by atoms with E-state index in [4.69, 9.17) is 14.5 Å². The number of aromatic nitrogens is 5. The van der Waals surface area contributed by atoms with E-state index in [9.17, 15) is 0 Å². The molecule has 0 atom stereocenters. The second-order valence-corrected chi connectivity index (χ2v) is 8.30. The highest BCUT2D eigenvalue weighted by Crippen LogP contribution is 2.35. The van der Waals surface area contributed by atoms with Gasteiger partial charge in [0.1, 0.15) is 11.5 Å². The lowest BCUT2D eigenvalue weighted by Gasteiger charge is -2.26. The van der Waals surface area contributed by atoms with E-state index in [0.29, 0.717) is 18.0 Å². The zero-order valence-electron chi connectivity index (χ0n) is 20.1. The van der Waals surface area contributed by atoms with E-state index in [1.165, 1.54) is 0 Å². The van der Waals surface area contributed by atoms with Gasteiger partial charge in [-0.05, 0) is 36.8 Å². The van der Waals surface area contributed by atoms with E-state index in [0.717, 1.165) is 44.9 Å². The molecule has 2 aromatic carbocycles. The number of nitrogens with zero attached hydrogens (tertiary/aromatic N) is 6. The first kappa shape index (κ1) is 22.3. The lowest BCUT2D eigenvalue weighted by atomic mass is 10.1. The van der Waals surface area contributed by atoms with E-state index < -0.39 is 0 Å². The molecule has 0 amide bonds. The molecule has 35 heavy (non-hydrogen) atoms. The molecule has 5 rings (SSSR count). The largest absolute Gasteiger partial charge is 0.497 e. The summed E-state index contributed by atoms with van der Waals surface area (Å²) in [5.41, 5.74) is 7.27. The maximum Gasteiger partial charge on any atom is 0.124 e. The van der Waals surface area contributed by atoms with Crippen molar-refractivity contribution in [2.24, 2.45) is 7.05 Å². The Morgan fingerprint density at radius 1 is 0.829 bits per heavy atom. The number of rotatable bonds is 7. The van der Waals surface area contributed by atoms with E-state index in [-0.39, 0.29) is 0 Å². The van der Waals surface area contributed by atoms with Gasteiger partial charge in [-0.3, -0.25) is 14.6 Å². The first-order valence-electron chi connectivity index (χ1n) is 11.2. The molecule has 0 saturated heterocycles. The normalized spacial score (nSPS) is 11.0. The quantitative estimate of drug-likeness (QED) is 0.331. The third-order valence-corrected chi connectivity index (χ3v) is 5.80. The topological polar surface area (TPSA) is 78.2 Å². The van der Waals surface area contributed by atoms with Crippen LogP contribution >= 0.6 is 0 Å². The Morgan fingerprint density at radius 3 is 2.29 bits per heavy atom. The highest BCUT2D eigenvalue weighted by molar-refractivity contribution is 5.82. The van der Waals surface area contributed by atoms with Gasteiger partial charge in [0.05, 0.1) is 43.3 Å². The number of pyridine rings is 1.